The van der Waals surface area contributed by atoms with Gasteiger partial charge in [-0.25, -0.2) is 18.3 Å². The van der Waals surface area contributed by atoms with Crippen molar-refractivity contribution in [2.45, 2.75) is 45.2 Å². The van der Waals surface area contributed by atoms with E-state index in [0.29, 0.717) is 18.3 Å². The number of aromatic nitrogens is 3. The van der Waals surface area contributed by atoms with Crippen molar-refractivity contribution < 1.29 is 8.42 Å². The Hall–Kier alpha value is -1.15. The van der Waals surface area contributed by atoms with Gasteiger partial charge in [0.05, 0.1) is 12.8 Å². The van der Waals surface area contributed by atoms with Crippen molar-refractivity contribution in [2.75, 3.05) is 13.3 Å². The van der Waals surface area contributed by atoms with Crippen molar-refractivity contribution in [3.63, 3.8) is 0 Å². The summed E-state index contributed by atoms with van der Waals surface area (Å²) in [4.78, 5) is 11.8. The average molecular weight is 302 g/mol. The molecule has 1 aliphatic carbocycles. The van der Waals surface area contributed by atoms with Crippen LogP contribution in [0.3, 0.4) is 0 Å². The minimum absolute atomic E-state index is 0.115. The van der Waals surface area contributed by atoms with E-state index in [0.717, 1.165) is 19.1 Å². The Morgan fingerprint density at radius 3 is 2.60 bits per heavy atom. The van der Waals surface area contributed by atoms with Crippen LogP contribution in [0.1, 0.15) is 37.9 Å². The molecule has 0 aliphatic heterocycles. The van der Waals surface area contributed by atoms with Crippen molar-refractivity contribution in [2.24, 2.45) is 5.92 Å². The minimum atomic E-state index is -3.28. The summed E-state index contributed by atoms with van der Waals surface area (Å²) >= 11 is 0. The van der Waals surface area contributed by atoms with Crippen molar-refractivity contribution in [1.82, 2.24) is 19.1 Å². The Morgan fingerprint density at radius 1 is 1.35 bits per heavy atom. The Bertz CT molecular complexity index is 598. The van der Waals surface area contributed by atoms with E-state index >= 15 is 0 Å². The van der Waals surface area contributed by atoms with E-state index in [1.54, 1.807) is 4.57 Å². The standard InChI is InChI=1S/C12H22N4O3S/c1-15(20(2,18)19)9-11-13-14-12(17)16(11)8-10-6-4-3-5-7-10/h10H,3-9H2,1-2H3,(H,14,17). The summed E-state index contributed by atoms with van der Waals surface area (Å²) in [6.07, 6.45) is 7.06. The van der Waals surface area contributed by atoms with Gasteiger partial charge in [-0.15, -0.1) is 0 Å². The molecule has 1 heterocycles. The fourth-order valence-corrected chi connectivity index (χ4v) is 2.95. The van der Waals surface area contributed by atoms with Crippen LogP contribution < -0.4 is 5.69 Å². The van der Waals surface area contributed by atoms with Gasteiger partial charge in [0, 0.05) is 13.6 Å². The molecular weight excluding hydrogens is 280 g/mol. The zero-order valence-corrected chi connectivity index (χ0v) is 12.8. The van der Waals surface area contributed by atoms with E-state index < -0.39 is 10.0 Å². The average Bonchev–Trinajstić information content (AvgIpc) is 2.72. The largest absolute Gasteiger partial charge is 0.343 e. The summed E-state index contributed by atoms with van der Waals surface area (Å²) < 4.78 is 25.7. The van der Waals surface area contributed by atoms with Gasteiger partial charge in [0.1, 0.15) is 5.82 Å². The predicted octanol–water partition coefficient (Wildman–Crippen LogP) is 0.543. The molecule has 0 bridgehead atoms. The maximum Gasteiger partial charge on any atom is 0.343 e. The minimum Gasteiger partial charge on any atom is -0.278 e. The Balaban J connectivity index is 2.12. The molecule has 0 aromatic carbocycles. The van der Waals surface area contributed by atoms with Crippen LogP contribution in [0.2, 0.25) is 0 Å². The zero-order chi connectivity index (χ0) is 14.8. The van der Waals surface area contributed by atoms with Gasteiger partial charge in [-0.05, 0) is 18.8 Å². The summed E-state index contributed by atoms with van der Waals surface area (Å²) in [6.45, 7) is 0.743. The van der Waals surface area contributed by atoms with Gasteiger partial charge in [0.15, 0.2) is 0 Å². The van der Waals surface area contributed by atoms with E-state index in [2.05, 4.69) is 10.2 Å². The lowest BCUT2D eigenvalue weighted by Crippen LogP contribution is -2.30. The molecule has 0 atom stereocenters. The molecule has 0 radical (unpaired) electrons. The van der Waals surface area contributed by atoms with Gasteiger partial charge in [0.25, 0.3) is 0 Å². The fourth-order valence-electron chi connectivity index (χ4n) is 2.60. The maximum absolute atomic E-state index is 11.8. The highest BCUT2D eigenvalue weighted by atomic mass is 32.2. The van der Waals surface area contributed by atoms with Crippen LogP contribution in [0.4, 0.5) is 0 Å². The molecule has 2 rings (SSSR count). The van der Waals surface area contributed by atoms with Crippen LogP contribution in [-0.4, -0.2) is 40.8 Å². The molecule has 0 saturated heterocycles. The van der Waals surface area contributed by atoms with Gasteiger partial charge in [-0.2, -0.15) is 9.40 Å². The van der Waals surface area contributed by atoms with E-state index in [1.165, 1.54) is 30.6 Å². The lowest BCUT2D eigenvalue weighted by molar-refractivity contribution is 0.309. The van der Waals surface area contributed by atoms with Gasteiger partial charge >= 0.3 is 5.69 Å². The van der Waals surface area contributed by atoms with Crippen molar-refractivity contribution in [1.29, 1.82) is 0 Å². The second-order valence-electron chi connectivity index (χ2n) is 5.58. The van der Waals surface area contributed by atoms with Gasteiger partial charge in [0.2, 0.25) is 10.0 Å². The Morgan fingerprint density at radius 2 is 2.00 bits per heavy atom. The number of hydrogen-bond donors (Lipinski definition) is 1. The summed E-state index contributed by atoms with van der Waals surface area (Å²) in [5.41, 5.74) is -0.257. The second kappa shape index (κ2) is 6.09. The molecule has 0 amide bonds. The third kappa shape index (κ3) is 3.69. The highest BCUT2D eigenvalue weighted by Gasteiger charge is 2.20. The first-order valence-electron chi connectivity index (χ1n) is 6.93. The third-order valence-electron chi connectivity index (χ3n) is 3.93. The van der Waals surface area contributed by atoms with E-state index in [-0.39, 0.29) is 12.2 Å². The molecule has 1 aromatic heterocycles. The molecule has 7 nitrogen and oxygen atoms in total. The van der Waals surface area contributed by atoms with Gasteiger partial charge in [-0.1, -0.05) is 19.3 Å². The second-order valence-corrected chi connectivity index (χ2v) is 7.67. The molecule has 114 valence electrons. The molecule has 1 saturated carbocycles. The number of rotatable bonds is 5. The molecule has 0 spiro atoms. The number of hydrogen-bond acceptors (Lipinski definition) is 4. The van der Waals surface area contributed by atoms with E-state index in [1.807, 2.05) is 0 Å². The smallest absolute Gasteiger partial charge is 0.278 e. The highest BCUT2D eigenvalue weighted by molar-refractivity contribution is 7.88. The summed E-state index contributed by atoms with van der Waals surface area (Å²) in [7, 11) is -1.79. The number of H-pyrrole nitrogens is 1. The molecule has 8 heteroatoms. The topological polar surface area (TPSA) is 88.1 Å². The zero-order valence-electron chi connectivity index (χ0n) is 12.0. The molecule has 0 unspecified atom stereocenters. The Kier molecular flexibility index (Phi) is 4.64. The first kappa shape index (κ1) is 15.2. The molecule has 1 aromatic rings. The van der Waals surface area contributed by atoms with Crippen molar-refractivity contribution >= 4 is 10.0 Å². The first-order chi connectivity index (χ1) is 9.38. The van der Waals surface area contributed by atoms with Crippen molar-refractivity contribution in [3.05, 3.63) is 16.3 Å². The van der Waals surface area contributed by atoms with Crippen LogP contribution in [0.15, 0.2) is 4.79 Å². The summed E-state index contributed by atoms with van der Waals surface area (Å²) in [5.74, 6) is 0.967. The van der Waals surface area contributed by atoms with Crippen LogP contribution in [0.5, 0.6) is 0 Å². The van der Waals surface area contributed by atoms with Crippen LogP contribution in [0.25, 0.3) is 0 Å². The number of aromatic amines is 1. The third-order valence-corrected chi connectivity index (χ3v) is 5.19. The fraction of sp³-hybridized carbons (Fsp3) is 0.833. The molecule has 1 aliphatic rings. The van der Waals surface area contributed by atoms with Crippen LogP contribution >= 0.6 is 0 Å². The first-order valence-corrected chi connectivity index (χ1v) is 8.78. The summed E-state index contributed by atoms with van der Waals surface area (Å²) in [6, 6.07) is 0. The van der Waals surface area contributed by atoms with E-state index in [9.17, 15) is 13.2 Å². The number of nitrogens with zero attached hydrogens (tertiary/aromatic N) is 3. The normalized spacial score (nSPS) is 17.8. The van der Waals surface area contributed by atoms with E-state index in [4.69, 9.17) is 0 Å². The maximum atomic E-state index is 11.8. The molecular formula is C12H22N4O3S. The van der Waals surface area contributed by atoms with Crippen LogP contribution in [-0.2, 0) is 23.1 Å². The summed E-state index contributed by atoms with van der Waals surface area (Å²) in [5, 5.41) is 6.37. The monoisotopic (exact) mass is 302 g/mol. The Labute approximate surface area is 119 Å². The van der Waals surface area contributed by atoms with Crippen molar-refractivity contribution in [3.8, 4) is 0 Å². The highest BCUT2D eigenvalue weighted by Crippen LogP contribution is 2.24. The van der Waals surface area contributed by atoms with Gasteiger partial charge < -0.3 is 0 Å². The molecule has 20 heavy (non-hydrogen) atoms. The lowest BCUT2D eigenvalue weighted by Gasteiger charge is -2.22. The van der Waals surface area contributed by atoms with Crippen LogP contribution in [0, 0.1) is 5.92 Å². The SMILES string of the molecule is CN(Cc1n[nH]c(=O)n1CC1CCCCC1)S(C)(=O)=O. The number of nitrogens with one attached hydrogen (secondary N) is 1. The predicted molar refractivity (Wildman–Crippen MR) is 75.7 cm³/mol. The quantitative estimate of drug-likeness (QED) is 0.860. The number of sulfonamides is 1. The van der Waals surface area contributed by atoms with Gasteiger partial charge in [-0.3, -0.25) is 4.57 Å². The molecule has 1 fully saturated rings. The molecule has 1 N–H and O–H groups in total. The lowest BCUT2D eigenvalue weighted by atomic mass is 9.89.